The summed E-state index contributed by atoms with van der Waals surface area (Å²) in [5, 5.41) is 0. The number of hydrogen-bond acceptors (Lipinski definition) is 4. The van der Waals surface area contributed by atoms with Gasteiger partial charge in [-0.1, -0.05) is 12.2 Å². The SMILES string of the molecule is CN(CC1CCCOC1)c1ccnc(C(N)=S)c1. The molecule has 4 nitrogen and oxygen atoms in total. The molecule has 98 valence electrons. The third-order valence-corrected chi connectivity index (χ3v) is 3.43. The van der Waals surface area contributed by atoms with Crippen LogP contribution >= 0.6 is 12.2 Å². The van der Waals surface area contributed by atoms with Crippen LogP contribution in [-0.2, 0) is 4.74 Å². The second kappa shape index (κ2) is 6.11. The van der Waals surface area contributed by atoms with Crippen LogP contribution < -0.4 is 10.6 Å². The van der Waals surface area contributed by atoms with Crippen LogP contribution in [0.5, 0.6) is 0 Å². The minimum absolute atomic E-state index is 0.339. The van der Waals surface area contributed by atoms with E-state index in [4.69, 9.17) is 22.7 Å². The van der Waals surface area contributed by atoms with Crippen LogP contribution in [0.25, 0.3) is 0 Å². The van der Waals surface area contributed by atoms with Crippen molar-refractivity contribution >= 4 is 22.9 Å². The molecule has 2 N–H and O–H groups in total. The van der Waals surface area contributed by atoms with Crippen LogP contribution in [0.1, 0.15) is 18.5 Å². The molecule has 1 atom stereocenters. The molecule has 0 amide bonds. The summed E-state index contributed by atoms with van der Waals surface area (Å²) in [4.78, 5) is 6.70. The maximum absolute atomic E-state index is 5.60. The number of aromatic nitrogens is 1. The van der Waals surface area contributed by atoms with Gasteiger partial charge >= 0.3 is 0 Å². The molecule has 0 aromatic carbocycles. The molecule has 0 aliphatic carbocycles. The monoisotopic (exact) mass is 265 g/mol. The van der Waals surface area contributed by atoms with Crippen molar-refractivity contribution in [3.63, 3.8) is 0 Å². The van der Waals surface area contributed by atoms with Crippen molar-refractivity contribution in [2.75, 3.05) is 31.7 Å². The average molecular weight is 265 g/mol. The maximum atomic E-state index is 5.60. The second-order valence-corrected chi connectivity index (χ2v) is 5.17. The first kappa shape index (κ1) is 13.2. The van der Waals surface area contributed by atoms with Crippen LogP contribution in [0, 0.1) is 5.92 Å². The average Bonchev–Trinajstić information content (AvgIpc) is 2.40. The quantitative estimate of drug-likeness (QED) is 0.838. The number of ether oxygens (including phenoxy) is 1. The number of hydrogen-bond donors (Lipinski definition) is 1. The van der Waals surface area contributed by atoms with Gasteiger partial charge in [-0.25, -0.2) is 0 Å². The maximum Gasteiger partial charge on any atom is 0.122 e. The molecule has 1 unspecified atom stereocenters. The van der Waals surface area contributed by atoms with E-state index in [0.29, 0.717) is 16.6 Å². The van der Waals surface area contributed by atoms with E-state index in [9.17, 15) is 0 Å². The number of pyridine rings is 1. The van der Waals surface area contributed by atoms with Crippen LogP contribution in [-0.4, -0.2) is 36.8 Å². The first-order valence-corrected chi connectivity index (χ1v) is 6.62. The van der Waals surface area contributed by atoms with E-state index in [1.54, 1.807) is 6.20 Å². The van der Waals surface area contributed by atoms with Crippen molar-refractivity contribution in [1.82, 2.24) is 4.98 Å². The third-order valence-electron chi connectivity index (χ3n) is 3.22. The molecule has 1 saturated heterocycles. The summed E-state index contributed by atoms with van der Waals surface area (Å²) in [6, 6.07) is 3.91. The number of nitrogens with two attached hydrogens (primary N) is 1. The second-order valence-electron chi connectivity index (χ2n) is 4.73. The summed E-state index contributed by atoms with van der Waals surface area (Å²) in [7, 11) is 2.08. The zero-order chi connectivity index (χ0) is 13.0. The Kier molecular flexibility index (Phi) is 4.49. The van der Waals surface area contributed by atoms with Gasteiger partial charge in [0.15, 0.2) is 0 Å². The van der Waals surface area contributed by atoms with E-state index in [0.717, 1.165) is 31.9 Å². The van der Waals surface area contributed by atoms with Gasteiger partial charge in [0, 0.05) is 32.1 Å². The van der Waals surface area contributed by atoms with Crippen molar-refractivity contribution in [1.29, 1.82) is 0 Å². The first-order valence-electron chi connectivity index (χ1n) is 6.21. The molecular weight excluding hydrogens is 246 g/mol. The number of rotatable bonds is 4. The molecule has 1 aromatic rings. The molecule has 1 fully saturated rings. The van der Waals surface area contributed by atoms with Crippen molar-refractivity contribution in [3.05, 3.63) is 24.0 Å². The molecular formula is C13H19N3OS. The van der Waals surface area contributed by atoms with Gasteiger partial charge in [0.05, 0.1) is 12.3 Å². The first-order chi connectivity index (χ1) is 8.66. The minimum atomic E-state index is 0.339. The Morgan fingerprint density at radius 2 is 2.50 bits per heavy atom. The van der Waals surface area contributed by atoms with Crippen molar-refractivity contribution in [2.24, 2.45) is 11.7 Å². The minimum Gasteiger partial charge on any atom is -0.388 e. The number of thiocarbonyl (C=S) groups is 1. The third kappa shape index (κ3) is 3.40. The van der Waals surface area contributed by atoms with E-state index >= 15 is 0 Å². The van der Waals surface area contributed by atoms with Crippen LogP contribution in [0.4, 0.5) is 5.69 Å². The van der Waals surface area contributed by atoms with E-state index in [2.05, 4.69) is 16.9 Å². The molecule has 5 heteroatoms. The van der Waals surface area contributed by atoms with E-state index < -0.39 is 0 Å². The predicted octanol–water partition coefficient (Wildman–Crippen LogP) is 1.58. The highest BCUT2D eigenvalue weighted by Gasteiger charge is 2.16. The highest BCUT2D eigenvalue weighted by Crippen LogP contribution is 2.19. The van der Waals surface area contributed by atoms with Crippen LogP contribution in [0.15, 0.2) is 18.3 Å². The molecule has 2 rings (SSSR count). The molecule has 1 aliphatic rings. The summed E-state index contributed by atoms with van der Waals surface area (Å²) >= 11 is 4.95. The lowest BCUT2D eigenvalue weighted by Crippen LogP contribution is -2.31. The lowest BCUT2D eigenvalue weighted by Gasteiger charge is -2.28. The van der Waals surface area contributed by atoms with E-state index in [1.165, 1.54) is 6.42 Å². The van der Waals surface area contributed by atoms with Gasteiger partial charge in [-0.05, 0) is 30.9 Å². The van der Waals surface area contributed by atoms with Gasteiger partial charge < -0.3 is 15.4 Å². The molecule has 0 saturated carbocycles. The van der Waals surface area contributed by atoms with Gasteiger partial charge in [-0.15, -0.1) is 0 Å². The lowest BCUT2D eigenvalue weighted by atomic mass is 10.0. The standard InChI is InChI=1S/C13H19N3OS/c1-16(8-10-3-2-6-17-9-10)11-4-5-15-12(7-11)13(14)18/h4-5,7,10H,2-3,6,8-9H2,1H3,(H2,14,18). The molecule has 18 heavy (non-hydrogen) atoms. The number of nitrogens with zero attached hydrogens (tertiary/aromatic N) is 2. The fourth-order valence-electron chi connectivity index (χ4n) is 2.24. The zero-order valence-electron chi connectivity index (χ0n) is 10.6. The Bertz CT molecular complexity index is 418. The molecule has 0 spiro atoms. The molecule has 0 bridgehead atoms. The van der Waals surface area contributed by atoms with Crippen LogP contribution in [0.3, 0.4) is 0 Å². The van der Waals surface area contributed by atoms with Crippen molar-refractivity contribution < 1.29 is 4.74 Å². The Morgan fingerprint density at radius 3 is 3.17 bits per heavy atom. The van der Waals surface area contributed by atoms with Gasteiger partial charge in [0.1, 0.15) is 4.99 Å². The summed E-state index contributed by atoms with van der Waals surface area (Å²) < 4.78 is 5.50. The Hall–Kier alpha value is -1.20. The highest BCUT2D eigenvalue weighted by molar-refractivity contribution is 7.80. The number of anilines is 1. The smallest absolute Gasteiger partial charge is 0.122 e. The molecule has 0 radical (unpaired) electrons. The summed E-state index contributed by atoms with van der Waals surface area (Å²) in [5.74, 6) is 0.602. The summed E-state index contributed by atoms with van der Waals surface area (Å²) in [6.45, 7) is 2.75. The van der Waals surface area contributed by atoms with Crippen LogP contribution in [0.2, 0.25) is 0 Å². The predicted molar refractivity (Wildman–Crippen MR) is 76.9 cm³/mol. The lowest BCUT2D eigenvalue weighted by molar-refractivity contribution is 0.0576. The summed E-state index contributed by atoms with van der Waals surface area (Å²) in [5.41, 5.74) is 7.37. The Labute approximate surface area is 113 Å². The van der Waals surface area contributed by atoms with Gasteiger partial charge in [-0.3, -0.25) is 4.98 Å². The largest absolute Gasteiger partial charge is 0.388 e. The Morgan fingerprint density at radius 1 is 1.67 bits per heavy atom. The van der Waals surface area contributed by atoms with Crippen molar-refractivity contribution in [2.45, 2.75) is 12.8 Å². The van der Waals surface area contributed by atoms with E-state index in [1.807, 2.05) is 12.1 Å². The Balaban J connectivity index is 2.01. The fourth-order valence-corrected chi connectivity index (χ4v) is 2.35. The van der Waals surface area contributed by atoms with Gasteiger partial charge in [-0.2, -0.15) is 0 Å². The normalized spacial score (nSPS) is 19.5. The molecule has 2 heterocycles. The topological polar surface area (TPSA) is 51.4 Å². The summed E-state index contributed by atoms with van der Waals surface area (Å²) in [6.07, 6.45) is 4.14. The zero-order valence-corrected chi connectivity index (χ0v) is 11.4. The highest BCUT2D eigenvalue weighted by atomic mass is 32.1. The molecule has 1 aromatic heterocycles. The van der Waals surface area contributed by atoms with E-state index in [-0.39, 0.29) is 0 Å². The van der Waals surface area contributed by atoms with Gasteiger partial charge in [0.25, 0.3) is 0 Å². The molecule has 1 aliphatic heterocycles. The fraction of sp³-hybridized carbons (Fsp3) is 0.538. The van der Waals surface area contributed by atoms with Crippen molar-refractivity contribution in [3.8, 4) is 0 Å². The van der Waals surface area contributed by atoms with Gasteiger partial charge in [0.2, 0.25) is 0 Å².